The third-order valence-corrected chi connectivity index (χ3v) is 8.66. The fraction of sp³-hybridized carbons (Fsp3) is 0.560. The van der Waals surface area contributed by atoms with Gasteiger partial charge in [-0.1, -0.05) is 53.7 Å². The molecule has 0 spiro atoms. The van der Waals surface area contributed by atoms with E-state index < -0.39 is 22.1 Å². The number of benzene rings is 1. The van der Waals surface area contributed by atoms with Crippen molar-refractivity contribution in [2.45, 2.75) is 83.5 Å². The number of aliphatic hydroxyl groups is 1. The van der Waals surface area contributed by atoms with Gasteiger partial charge in [0.05, 0.1) is 6.10 Å². The Morgan fingerprint density at radius 3 is 2.09 bits per heavy atom. The van der Waals surface area contributed by atoms with Crippen molar-refractivity contribution in [1.29, 1.82) is 0 Å². The van der Waals surface area contributed by atoms with E-state index in [1.807, 2.05) is 32.9 Å². The number of carboxylic acids is 1. The summed E-state index contributed by atoms with van der Waals surface area (Å²) in [6, 6.07) is 9.66. The summed E-state index contributed by atoms with van der Waals surface area (Å²) in [5, 5.41) is 23.1. The number of ether oxygens (including phenoxy) is 1. The maximum absolute atomic E-state index is 11.8. The summed E-state index contributed by atoms with van der Waals surface area (Å²) in [5.74, 6) is -0.0536. The number of primary sulfonamides is 1. The Balaban J connectivity index is 0.00000133. The molecule has 0 bridgehead atoms. The van der Waals surface area contributed by atoms with E-state index in [0.29, 0.717) is 0 Å². The van der Waals surface area contributed by atoms with E-state index in [-0.39, 0.29) is 21.6 Å². The first-order valence-corrected chi connectivity index (χ1v) is 13.8. The third kappa shape index (κ3) is 7.80. The summed E-state index contributed by atoms with van der Waals surface area (Å²) in [6.07, 6.45) is 1.90. The number of aliphatic carboxylic acids is 1. The lowest BCUT2D eigenvalue weighted by atomic mass is 9.74. The number of hydrogen-bond acceptors (Lipinski definition) is 6. The second kappa shape index (κ2) is 12.2. The first kappa shape index (κ1) is 30.1. The van der Waals surface area contributed by atoms with Crippen LogP contribution in [0.3, 0.4) is 0 Å². The van der Waals surface area contributed by atoms with Gasteiger partial charge in [0.1, 0.15) is 16.6 Å². The third-order valence-electron chi connectivity index (χ3n) is 5.93. The molecule has 2 rings (SSSR count). The van der Waals surface area contributed by atoms with Crippen molar-refractivity contribution in [3.05, 3.63) is 46.3 Å². The van der Waals surface area contributed by atoms with Gasteiger partial charge in [0.25, 0.3) is 5.97 Å². The summed E-state index contributed by atoms with van der Waals surface area (Å²) in [5.41, 5.74) is 1.67. The van der Waals surface area contributed by atoms with Crippen molar-refractivity contribution in [1.82, 2.24) is 0 Å². The van der Waals surface area contributed by atoms with Crippen molar-refractivity contribution in [3.63, 3.8) is 0 Å². The highest BCUT2D eigenvalue weighted by molar-refractivity contribution is 7.91. The number of carbonyl (C=O) groups is 1. The summed E-state index contributed by atoms with van der Waals surface area (Å²) >= 11 is 1.25. The molecule has 192 valence electrons. The van der Waals surface area contributed by atoms with Crippen LogP contribution in [0.25, 0.3) is 0 Å². The molecule has 34 heavy (non-hydrogen) atoms. The lowest BCUT2D eigenvalue weighted by Crippen LogP contribution is -2.32. The van der Waals surface area contributed by atoms with Gasteiger partial charge in [-0.3, -0.25) is 4.79 Å². The fourth-order valence-corrected chi connectivity index (χ4v) is 5.67. The van der Waals surface area contributed by atoms with Crippen molar-refractivity contribution >= 4 is 27.3 Å². The molecule has 1 atom stereocenters. The van der Waals surface area contributed by atoms with Crippen molar-refractivity contribution in [2.75, 3.05) is 6.61 Å². The molecular formula is C25H39NO6S2. The highest BCUT2D eigenvalue weighted by Gasteiger charge is 2.34. The Morgan fingerprint density at radius 1 is 1.12 bits per heavy atom. The molecule has 1 aromatic carbocycles. The summed E-state index contributed by atoms with van der Waals surface area (Å²) in [6.45, 7) is 13.6. The highest BCUT2D eigenvalue weighted by atomic mass is 32.2. The molecule has 0 aliphatic heterocycles. The van der Waals surface area contributed by atoms with Crippen LogP contribution >= 0.6 is 11.3 Å². The number of hydrogen-bond donors (Lipinski definition) is 3. The number of rotatable bonds is 9. The molecule has 0 fully saturated rings. The summed E-state index contributed by atoms with van der Waals surface area (Å²) in [7, 11) is -3.71. The maximum atomic E-state index is 11.8. The van der Waals surface area contributed by atoms with Crippen LogP contribution in [-0.2, 0) is 26.7 Å². The Bertz CT molecular complexity index is 1050. The van der Waals surface area contributed by atoms with Crippen molar-refractivity contribution in [2.24, 2.45) is 10.6 Å². The Kier molecular flexibility index (Phi) is 10.8. The minimum absolute atomic E-state index is 0.190. The Morgan fingerprint density at radius 2 is 1.68 bits per heavy atom. The van der Waals surface area contributed by atoms with Gasteiger partial charge in [0.2, 0.25) is 10.0 Å². The fourth-order valence-electron chi connectivity index (χ4n) is 3.59. The van der Waals surface area contributed by atoms with Crippen LogP contribution in [0.1, 0.15) is 77.3 Å². The molecule has 0 aliphatic rings. The molecule has 2 aromatic rings. The van der Waals surface area contributed by atoms with E-state index in [1.165, 1.54) is 11.3 Å². The molecule has 0 aliphatic carbocycles. The lowest BCUT2D eigenvalue weighted by molar-refractivity contribution is -0.134. The molecule has 9 heteroatoms. The minimum Gasteiger partial charge on any atom is -0.491 e. The standard InChI is InChI=1S/C23H35NO4S2.C2H4O2/c1-7-16-14-17(10-11-18(16)28-15-19(25)22(4,5)6)23(8-2,9-3)20-12-13-21(29-20)30(24,26)27;1-2(3)4/h10-14,19,25H,7-9,15H2,1-6H3,(H2,24,26,27);1H3,(H,3,4). The smallest absolute Gasteiger partial charge is 0.300 e. The predicted octanol–water partition coefficient (Wildman–Crippen LogP) is 4.94. The predicted molar refractivity (Wildman–Crippen MR) is 137 cm³/mol. The Labute approximate surface area is 208 Å². The molecular weight excluding hydrogens is 474 g/mol. The first-order chi connectivity index (χ1) is 15.6. The van der Waals surface area contributed by atoms with Crippen LogP contribution in [0.2, 0.25) is 0 Å². The lowest BCUT2D eigenvalue weighted by Gasteiger charge is -2.32. The van der Waals surface area contributed by atoms with Gasteiger partial charge < -0.3 is 14.9 Å². The van der Waals surface area contributed by atoms with Gasteiger partial charge in [-0.2, -0.15) is 0 Å². The van der Waals surface area contributed by atoms with Gasteiger partial charge in [0.15, 0.2) is 0 Å². The topological polar surface area (TPSA) is 127 Å². The average molecular weight is 514 g/mol. The number of nitrogens with two attached hydrogens (primary N) is 1. The van der Waals surface area contributed by atoms with Crippen LogP contribution in [0.4, 0.5) is 0 Å². The molecule has 0 radical (unpaired) electrons. The van der Waals surface area contributed by atoms with Crippen molar-refractivity contribution in [3.8, 4) is 5.75 Å². The first-order valence-electron chi connectivity index (χ1n) is 11.4. The maximum Gasteiger partial charge on any atom is 0.300 e. The van der Waals surface area contributed by atoms with E-state index in [9.17, 15) is 13.5 Å². The second-order valence-corrected chi connectivity index (χ2v) is 12.2. The van der Waals surface area contributed by atoms with Crippen LogP contribution in [0.5, 0.6) is 5.75 Å². The van der Waals surface area contributed by atoms with Crippen LogP contribution < -0.4 is 9.88 Å². The highest BCUT2D eigenvalue weighted by Crippen LogP contribution is 2.44. The van der Waals surface area contributed by atoms with E-state index in [2.05, 4.69) is 32.9 Å². The molecule has 1 heterocycles. The number of sulfonamides is 1. The van der Waals surface area contributed by atoms with Crippen molar-refractivity contribution < 1.29 is 28.2 Å². The molecule has 1 unspecified atom stereocenters. The molecule has 1 aromatic heterocycles. The van der Waals surface area contributed by atoms with Crippen LogP contribution in [0, 0.1) is 5.41 Å². The van der Waals surface area contributed by atoms with E-state index in [1.54, 1.807) is 6.07 Å². The molecule has 0 saturated carbocycles. The van der Waals surface area contributed by atoms with E-state index in [0.717, 1.165) is 47.9 Å². The van der Waals surface area contributed by atoms with Gasteiger partial charge in [-0.15, -0.1) is 11.3 Å². The Hall–Kier alpha value is -1.94. The van der Waals surface area contributed by atoms with Crippen LogP contribution in [0.15, 0.2) is 34.5 Å². The van der Waals surface area contributed by atoms with E-state index in [4.69, 9.17) is 19.8 Å². The second-order valence-electron chi connectivity index (χ2n) is 9.34. The quantitative estimate of drug-likeness (QED) is 0.436. The van der Waals surface area contributed by atoms with E-state index >= 15 is 0 Å². The zero-order valence-corrected chi connectivity index (χ0v) is 22.8. The molecule has 4 N–H and O–H groups in total. The zero-order valence-electron chi connectivity index (χ0n) is 21.2. The monoisotopic (exact) mass is 513 g/mol. The average Bonchev–Trinajstić information content (AvgIpc) is 3.24. The number of thiophene rings is 1. The number of carboxylic acid groups (broad SMARTS) is 1. The van der Waals surface area contributed by atoms with Crippen LogP contribution in [-0.4, -0.2) is 37.3 Å². The normalized spacial score (nSPS) is 13.1. The summed E-state index contributed by atoms with van der Waals surface area (Å²) < 4.78 is 29.7. The van der Waals surface area contributed by atoms with Gasteiger partial charge in [-0.05, 0) is 54.0 Å². The van der Waals surface area contributed by atoms with Gasteiger partial charge >= 0.3 is 0 Å². The minimum atomic E-state index is -3.71. The molecule has 7 nitrogen and oxygen atoms in total. The zero-order chi connectivity index (χ0) is 26.3. The number of aryl methyl sites for hydroxylation is 1. The molecule has 0 amide bonds. The SMILES string of the molecule is CC(=O)O.CCc1cc(C(CC)(CC)c2ccc(S(N)(=O)=O)s2)ccc1OCC(O)C(C)(C)C. The summed E-state index contributed by atoms with van der Waals surface area (Å²) in [4.78, 5) is 10.00. The number of aliphatic hydroxyl groups excluding tert-OH is 1. The van der Waals surface area contributed by atoms with Gasteiger partial charge in [-0.25, -0.2) is 13.6 Å². The molecule has 0 saturated heterocycles. The largest absolute Gasteiger partial charge is 0.491 e. The van der Waals surface area contributed by atoms with Gasteiger partial charge in [0, 0.05) is 17.2 Å².